The average Bonchev–Trinajstić information content (AvgIpc) is 2.99. The van der Waals surface area contributed by atoms with Gasteiger partial charge in [-0.05, 0) is 18.2 Å². The monoisotopic (exact) mass is 228 g/mol. The molecule has 0 saturated heterocycles. The number of rotatable bonds is 3. The molecule has 0 saturated carbocycles. The second-order valence-electron chi connectivity index (χ2n) is 3.87. The van der Waals surface area contributed by atoms with E-state index in [-0.39, 0.29) is 0 Å². The predicted octanol–water partition coefficient (Wildman–Crippen LogP) is 2.69. The fourth-order valence-corrected chi connectivity index (χ4v) is 2.01. The Hall–Kier alpha value is -2.23. The molecule has 0 aliphatic carbocycles. The van der Waals surface area contributed by atoms with E-state index in [4.69, 9.17) is 9.26 Å². The zero-order chi connectivity index (χ0) is 11.7. The lowest BCUT2D eigenvalue weighted by atomic mass is 10.2. The van der Waals surface area contributed by atoms with Crippen molar-refractivity contribution in [2.75, 3.05) is 7.11 Å². The fraction of sp³-hybridized carbons (Fsp3) is 0.154. The maximum atomic E-state index is 5.33. The summed E-state index contributed by atoms with van der Waals surface area (Å²) in [6.45, 7) is 0.750. The molecule has 2 aromatic heterocycles. The van der Waals surface area contributed by atoms with Gasteiger partial charge in [-0.15, -0.1) is 0 Å². The van der Waals surface area contributed by atoms with Gasteiger partial charge in [-0.25, -0.2) is 0 Å². The fourth-order valence-electron chi connectivity index (χ4n) is 2.01. The number of hydrogen-bond donors (Lipinski definition) is 0. The van der Waals surface area contributed by atoms with Crippen molar-refractivity contribution in [1.29, 1.82) is 0 Å². The summed E-state index contributed by atoms with van der Waals surface area (Å²) in [6.07, 6.45) is 5.43. The van der Waals surface area contributed by atoms with E-state index in [9.17, 15) is 0 Å². The zero-order valence-corrected chi connectivity index (χ0v) is 9.46. The zero-order valence-electron chi connectivity index (χ0n) is 9.46. The van der Waals surface area contributed by atoms with E-state index in [1.807, 2.05) is 18.3 Å². The summed E-state index contributed by atoms with van der Waals surface area (Å²) in [5.74, 6) is 0.895. The average molecular weight is 228 g/mol. The lowest BCUT2D eigenvalue weighted by Gasteiger charge is -2.04. The van der Waals surface area contributed by atoms with Crippen LogP contribution in [0.4, 0.5) is 0 Å². The number of nitrogens with zero attached hydrogens (tertiary/aromatic N) is 2. The van der Waals surface area contributed by atoms with Crippen LogP contribution in [0.2, 0.25) is 0 Å². The Morgan fingerprint density at radius 3 is 3.06 bits per heavy atom. The summed E-state index contributed by atoms with van der Waals surface area (Å²) >= 11 is 0. The Morgan fingerprint density at radius 1 is 1.35 bits per heavy atom. The van der Waals surface area contributed by atoms with Gasteiger partial charge in [0.15, 0.2) is 0 Å². The molecule has 0 spiro atoms. The van der Waals surface area contributed by atoms with E-state index >= 15 is 0 Å². The third-order valence-corrected chi connectivity index (χ3v) is 2.83. The molecule has 3 rings (SSSR count). The minimum atomic E-state index is 0.750. The summed E-state index contributed by atoms with van der Waals surface area (Å²) in [6, 6.07) is 8.09. The minimum Gasteiger partial charge on any atom is -0.496 e. The molecule has 0 atom stereocenters. The van der Waals surface area contributed by atoms with Crippen LogP contribution in [-0.4, -0.2) is 16.8 Å². The number of methoxy groups -OCH3 is 1. The summed E-state index contributed by atoms with van der Waals surface area (Å²) in [7, 11) is 1.69. The molecule has 4 nitrogen and oxygen atoms in total. The molecule has 0 aliphatic heterocycles. The van der Waals surface area contributed by atoms with E-state index in [1.165, 1.54) is 0 Å². The van der Waals surface area contributed by atoms with Gasteiger partial charge in [0.1, 0.15) is 12.0 Å². The van der Waals surface area contributed by atoms with Crippen LogP contribution in [0.1, 0.15) is 5.56 Å². The summed E-state index contributed by atoms with van der Waals surface area (Å²) in [5.41, 5.74) is 2.19. The molecular formula is C13H12N2O2. The maximum Gasteiger partial charge on any atom is 0.128 e. The highest BCUT2D eigenvalue weighted by Gasteiger charge is 2.06. The van der Waals surface area contributed by atoms with Crippen molar-refractivity contribution in [2.45, 2.75) is 6.54 Å². The van der Waals surface area contributed by atoms with Gasteiger partial charge < -0.3 is 13.8 Å². The Kier molecular flexibility index (Phi) is 2.33. The Bertz CT molecular complexity index is 626. The summed E-state index contributed by atoms with van der Waals surface area (Å²) in [4.78, 5) is 0. The van der Waals surface area contributed by atoms with Crippen molar-refractivity contribution < 1.29 is 9.26 Å². The lowest BCUT2D eigenvalue weighted by Crippen LogP contribution is -1.96. The van der Waals surface area contributed by atoms with Crippen molar-refractivity contribution in [1.82, 2.24) is 9.72 Å². The molecule has 86 valence electrons. The van der Waals surface area contributed by atoms with Crippen LogP contribution in [0.5, 0.6) is 5.75 Å². The molecule has 17 heavy (non-hydrogen) atoms. The van der Waals surface area contributed by atoms with Crippen LogP contribution in [-0.2, 0) is 6.54 Å². The standard InChI is InChI=1S/C13H12N2O2/c1-16-13-4-2-3-12-11(13)5-6-15(12)8-10-7-14-17-9-10/h2-7,9H,8H2,1H3. The Balaban J connectivity index is 2.06. The first kappa shape index (κ1) is 9.96. The normalized spacial score (nSPS) is 10.9. The van der Waals surface area contributed by atoms with E-state index in [0.29, 0.717) is 0 Å². The summed E-state index contributed by atoms with van der Waals surface area (Å²) < 4.78 is 12.3. The molecule has 0 aliphatic rings. The van der Waals surface area contributed by atoms with Crippen molar-refractivity contribution in [3.63, 3.8) is 0 Å². The smallest absolute Gasteiger partial charge is 0.128 e. The van der Waals surface area contributed by atoms with Gasteiger partial charge in [0.2, 0.25) is 0 Å². The van der Waals surface area contributed by atoms with Crippen LogP contribution >= 0.6 is 0 Å². The highest BCUT2D eigenvalue weighted by Crippen LogP contribution is 2.26. The Labute approximate surface area is 98.4 Å². The molecule has 0 radical (unpaired) electrons. The topological polar surface area (TPSA) is 40.2 Å². The van der Waals surface area contributed by atoms with Gasteiger partial charge in [-0.1, -0.05) is 11.2 Å². The molecule has 0 fully saturated rings. The second-order valence-corrected chi connectivity index (χ2v) is 3.87. The molecular weight excluding hydrogens is 216 g/mol. The molecule has 1 aromatic carbocycles. The SMILES string of the molecule is COc1cccc2c1ccn2Cc1cnoc1. The minimum absolute atomic E-state index is 0.750. The molecule has 0 amide bonds. The van der Waals surface area contributed by atoms with Crippen LogP contribution in [0.25, 0.3) is 10.9 Å². The second kappa shape index (κ2) is 3.97. The Morgan fingerprint density at radius 2 is 2.29 bits per heavy atom. The first-order chi connectivity index (χ1) is 8.38. The maximum absolute atomic E-state index is 5.33. The third-order valence-electron chi connectivity index (χ3n) is 2.83. The number of benzene rings is 1. The number of fused-ring (bicyclic) bond motifs is 1. The van der Waals surface area contributed by atoms with Gasteiger partial charge in [0.25, 0.3) is 0 Å². The molecule has 3 aromatic rings. The van der Waals surface area contributed by atoms with Gasteiger partial charge in [-0.2, -0.15) is 0 Å². The van der Waals surface area contributed by atoms with Crippen LogP contribution < -0.4 is 4.74 Å². The van der Waals surface area contributed by atoms with Crippen LogP contribution in [0.15, 0.2) is 47.4 Å². The molecule has 0 bridgehead atoms. The van der Waals surface area contributed by atoms with Crippen molar-refractivity contribution in [2.24, 2.45) is 0 Å². The molecule has 0 unspecified atom stereocenters. The lowest BCUT2D eigenvalue weighted by molar-refractivity contribution is 0.418. The van der Waals surface area contributed by atoms with Crippen LogP contribution in [0, 0.1) is 0 Å². The number of hydrogen-bond acceptors (Lipinski definition) is 3. The van der Waals surface area contributed by atoms with Crippen molar-refractivity contribution in [3.05, 3.63) is 48.5 Å². The van der Waals surface area contributed by atoms with E-state index in [1.54, 1.807) is 19.6 Å². The van der Waals surface area contributed by atoms with Gasteiger partial charge in [0, 0.05) is 17.1 Å². The van der Waals surface area contributed by atoms with E-state index in [2.05, 4.69) is 21.9 Å². The third kappa shape index (κ3) is 1.67. The van der Waals surface area contributed by atoms with Crippen molar-refractivity contribution >= 4 is 10.9 Å². The highest BCUT2D eigenvalue weighted by molar-refractivity contribution is 5.86. The van der Waals surface area contributed by atoms with Crippen LogP contribution in [0.3, 0.4) is 0 Å². The number of ether oxygens (including phenoxy) is 1. The van der Waals surface area contributed by atoms with Gasteiger partial charge in [-0.3, -0.25) is 0 Å². The molecule has 4 heteroatoms. The molecule has 2 heterocycles. The van der Waals surface area contributed by atoms with Gasteiger partial charge in [0.05, 0.1) is 25.4 Å². The summed E-state index contributed by atoms with van der Waals surface area (Å²) in [5, 5.41) is 4.82. The van der Waals surface area contributed by atoms with E-state index < -0.39 is 0 Å². The first-order valence-electron chi connectivity index (χ1n) is 5.38. The predicted molar refractivity (Wildman–Crippen MR) is 64.1 cm³/mol. The molecule has 0 N–H and O–H groups in total. The van der Waals surface area contributed by atoms with Gasteiger partial charge >= 0.3 is 0 Å². The van der Waals surface area contributed by atoms with E-state index in [0.717, 1.165) is 28.8 Å². The largest absolute Gasteiger partial charge is 0.496 e. The van der Waals surface area contributed by atoms with Crippen molar-refractivity contribution in [3.8, 4) is 5.75 Å². The first-order valence-corrected chi connectivity index (χ1v) is 5.38. The highest BCUT2D eigenvalue weighted by atomic mass is 16.5. The number of aromatic nitrogens is 2. The quantitative estimate of drug-likeness (QED) is 0.692.